The van der Waals surface area contributed by atoms with Gasteiger partial charge >= 0.3 is 6.09 Å². The molecule has 1 aromatic rings. The van der Waals surface area contributed by atoms with Crippen molar-refractivity contribution in [2.75, 3.05) is 13.1 Å². The van der Waals surface area contributed by atoms with Crippen molar-refractivity contribution in [1.29, 1.82) is 0 Å². The van der Waals surface area contributed by atoms with E-state index in [9.17, 15) is 19.5 Å². The van der Waals surface area contributed by atoms with Gasteiger partial charge in [-0.15, -0.1) is 0 Å². The molecule has 3 N–H and O–H groups in total. The van der Waals surface area contributed by atoms with Gasteiger partial charge in [-0.25, -0.2) is 4.79 Å². The minimum atomic E-state index is -0.927. The summed E-state index contributed by atoms with van der Waals surface area (Å²) in [7, 11) is 0. The second kappa shape index (κ2) is 7.69. The van der Waals surface area contributed by atoms with Gasteiger partial charge in [-0.05, 0) is 41.9 Å². The van der Waals surface area contributed by atoms with E-state index in [0.29, 0.717) is 25.1 Å². The highest BCUT2D eigenvalue weighted by Crippen LogP contribution is 2.50. The number of piperazine rings is 1. The summed E-state index contributed by atoms with van der Waals surface area (Å²) in [5.41, 5.74) is 6.57. The molecule has 1 saturated carbocycles. The normalized spacial score (nSPS) is 26.9. The van der Waals surface area contributed by atoms with Crippen molar-refractivity contribution in [3.63, 3.8) is 0 Å². The number of hydrogen-bond donors (Lipinski definition) is 2. The molecule has 29 heavy (non-hydrogen) atoms. The van der Waals surface area contributed by atoms with Gasteiger partial charge < -0.3 is 20.6 Å². The average molecular weight is 402 g/mol. The number of carbonyl (C=O) groups is 3. The Balaban J connectivity index is 1.80. The van der Waals surface area contributed by atoms with Crippen molar-refractivity contribution >= 4 is 17.9 Å². The van der Waals surface area contributed by atoms with E-state index >= 15 is 0 Å². The second-order valence-corrected chi connectivity index (χ2v) is 9.31. The lowest BCUT2D eigenvalue weighted by atomic mass is 9.82. The topological polar surface area (TPSA) is 104 Å². The molecule has 7 nitrogen and oxygen atoms in total. The van der Waals surface area contributed by atoms with Gasteiger partial charge in [-0.2, -0.15) is 0 Å². The van der Waals surface area contributed by atoms with E-state index < -0.39 is 12.0 Å². The summed E-state index contributed by atoms with van der Waals surface area (Å²) in [5, 5.41) is 9.52. The Hall–Kier alpha value is -2.57. The van der Waals surface area contributed by atoms with Gasteiger partial charge in [0, 0.05) is 30.6 Å². The third-order valence-corrected chi connectivity index (χ3v) is 6.28. The smallest absolute Gasteiger partial charge is 0.407 e. The molecule has 0 spiro atoms. The Morgan fingerprint density at radius 1 is 1.14 bits per heavy atom. The van der Waals surface area contributed by atoms with Crippen molar-refractivity contribution in [1.82, 2.24) is 9.80 Å². The largest absolute Gasteiger partial charge is 0.465 e. The van der Waals surface area contributed by atoms with Crippen LogP contribution in [0.4, 0.5) is 4.79 Å². The predicted molar refractivity (Wildman–Crippen MR) is 110 cm³/mol. The van der Waals surface area contributed by atoms with E-state index in [-0.39, 0.29) is 35.2 Å². The third-order valence-electron chi connectivity index (χ3n) is 6.28. The maximum atomic E-state index is 13.5. The van der Waals surface area contributed by atoms with Gasteiger partial charge in [0.2, 0.25) is 11.8 Å². The third kappa shape index (κ3) is 4.23. The number of rotatable bonds is 4. The fourth-order valence-corrected chi connectivity index (χ4v) is 4.40. The van der Waals surface area contributed by atoms with Gasteiger partial charge in [-0.1, -0.05) is 39.8 Å². The zero-order valence-corrected chi connectivity index (χ0v) is 17.6. The Bertz CT molecular complexity index is 799. The zero-order valence-electron chi connectivity index (χ0n) is 17.6. The van der Waals surface area contributed by atoms with Crippen LogP contribution in [0.2, 0.25) is 0 Å². The molecule has 4 atom stereocenters. The van der Waals surface area contributed by atoms with Crippen LogP contribution in [0.3, 0.4) is 0 Å². The summed E-state index contributed by atoms with van der Waals surface area (Å²) in [4.78, 5) is 39.8. The molecule has 7 heteroatoms. The van der Waals surface area contributed by atoms with Crippen molar-refractivity contribution in [3.05, 3.63) is 35.4 Å². The van der Waals surface area contributed by atoms with Crippen LogP contribution < -0.4 is 5.73 Å². The van der Waals surface area contributed by atoms with Gasteiger partial charge in [0.1, 0.15) is 0 Å². The van der Waals surface area contributed by atoms with Crippen LogP contribution in [-0.4, -0.2) is 58.0 Å². The fraction of sp³-hybridized carbons (Fsp3) is 0.591. The Morgan fingerprint density at radius 3 is 2.24 bits per heavy atom. The Labute approximate surface area is 171 Å². The van der Waals surface area contributed by atoms with Crippen LogP contribution in [-0.2, 0) is 4.79 Å². The molecule has 3 rings (SSSR count). The lowest BCUT2D eigenvalue weighted by Gasteiger charge is -2.51. The summed E-state index contributed by atoms with van der Waals surface area (Å²) in [5.74, 6) is -0.300. The Morgan fingerprint density at radius 2 is 1.76 bits per heavy atom. The molecular weight excluding hydrogens is 370 g/mol. The van der Waals surface area contributed by atoms with E-state index in [2.05, 4.69) is 20.8 Å². The van der Waals surface area contributed by atoms with Crippen LogP contribution in [0.25, 0.3) is 0 Å². The molecule has 2 aliphatic rings. The summed E-state index contributed by atoms with van der Waals surface area (Å²) in [6.07, 6.45) is 0.567. The molecule has 0 aromatic heterocycles. The van der Waals surface area contributed by atoms with E-state index in [1.807, 2.05) is 24.0 Å². The maximum Gasteiger partial charge on any atom is 0.407 e. The first-order valence-electron chi connectivity index (χ1n) is 10.2. The summed E-state index contributed by atoms with van der Waals surface area (Å²) >= 11 is 0. The fourth-order valence-electron chi connectivity index (χ4n) is 4.40. The van der Waals surface area contributed by atoms with Crippen LogP contribution in [0.5, 0.6) is 0 Å². The van der Waals surface area contributed by atoms with Crippen LogP contribution >= 0.6 is 0 Å². The molecule has 4 unspecified atom stereocenters. The number of benzene rings is 1. The number of hydrogen-bond acceptors (Lipinski definition) is 3. The zero-order chi connectivity index (χ0) is 21.5. The molecular formula is C22H31N3O4. The number of primary amides is 1. The molecule has 158 valence electrons. The van der Waals surface area contributed by atoms with Gasteiger partial charge in [-0.3, -0.25) is 9.59 Å². The first-order chi connectivity index (χ1) is 13.5. The van der Waals surface area contributed by atoms with E-state index in [1.165, 1.54) is 4.90 Å². The number of carboxylic acid groups (broad SMARTS) is 1. The molecule has 1 saturated heterocycles. The predicted octanol–water partition coefficient (Wildman–Crippen LogP) is 2.90. The summed E-state index contributed by atoms with van der Waals surface area (Å²) < 4.78 is 0. The first kappa shape index (κ1) is 21.1. The minimum absolute atomic E-state index is 0.0929. The number of nitrogens with zero attached hydrogens (tertiary/aromatic N) is 2. The van der Waals surface area contributed by atoms with E-state index in [1.54, 1.807) is 12.1 Å². The monoisotopic (exact) mass is 401 g/mol. The van der Waals surface area contributed by atoms with Gasteiger partial charge in [0.15, 0.2) is 0 Å². The molecule has 1 aliphatic carbocycles. The highest BCUT2D eigenvalue weighted by Gasteiger charge is 2.51. The SMILES string of the molecule is CCC1CN(C(=O)O)CC(C(C)(C)C)N1C(=O)C1CC1c1ccc(C(N)=O)cc1. The van der Waals surface area contributed by atoms with Gasteiger partial charge in [0.25, 0.3) is 0 Å². The molecule has 0 radical (unpaired) electrons. The lowest BCUT2D eigenvalue weighted by molar-refractivity contribution is -0.145. The minimum Gasteiger partial charge on any atom is -0.465 e. The maximum absolute atomic E-state index is 13.5. The summed E-state index contributed by atoms with van der Waals surface area (Å²) in [6.45, 7) is 8.87. The highest BCUT2D eigenvalue weighted by molar-refractivity contribution is 5.92. The number of amides is 3. The summed E-state index contributed by atoms with van der Waals surface area (Å²) in [6, 6.07) is 6.88. The molecule has 1 aliphatic heterocycles. The number of carbonyl (C=O) groups excluding carboxylic acids is 2. The van der Waals surface area contributed by atoms with Crippen molar-refractivity contribution in [2.24, 2.45) is 17.1 Å². The lowest BCUT2D eigenvalue weighted by Crippen LogP contribution is -2.65. The first-order valence-corrected chi connectivity index (χ1v) is 10.2. The molecule has 3 amide bonds. The quantitative estimate of drug-likeness (QED) is 0.809. The van der Waals surface area contributed by atoms with Crippen molar-refractivity contribution in [3.8, 4) is 0 Å². The van der Waals surface area contributed by atoms with Crippen molar-refractivity contribution < 1.29 is 19.5 Å². The standard InChI is InChI=1S/C22H31N3O4/c1-5-15-11-24(21(28)29)12-18(22(2,3)4)25(15)20(27)17-10-16(17)13-6-8-14(9-7-13)19(23)26/h6-9,15-18H,5,10-12H2,1-4H3,(H2,23,26)(H,28,29). The van der Waals surface area contributed by atoms with E-state index in [4.69, 9.17) is 5.73 Å². The van der Waals surface area contributed by atoms with Gasteiger partial charge in [0.05, 0.1) is 6.04 Å². The van der Waals surface area contributed by atoms with E-state index in [0.717, 1.165) is 12.0 Å². The highest BCUT2D eigenvalue weighted by atomic mass is 16.4. The molecule has 0 bridgehead atoms. The van der Waals surface area contributed by atoms with Crippen LogP contribution in [0.1, 0.15) is 62.4 Å². The molecule has 1 aromatic carbocycles. The van der Waals surface area contributed by atoms with Crippen LogP contribution in [0.15, 0.2) is 24.3 Å². The average Bonchev–Trinajstić information content (AvgIpc) is 3.46. The van der Waals surface area contributed by atoms with Crippen LogP contribution in [0, 0.1) is 11.3 Å². The molecule has 2 fully saturated rings. The second-order valence-electron chi connectivity index (χ2n) is 9.31. The Kier molecular flexibility index (Phi) is 5.61. The number of nitrogens with two attached hydrogens (primary N) is 1. The molecule has 1 heterocycles. The van der Waals surface area contributed by atoms with Crippen molar-refractivity contribution in [2.45, 2.75) is 58.5 Å².